The van der Waals surface area contributed by atoms with Crippen molar-refractivity contribution in [1.29, 1.82) is 0 Å². The summed E-state index contributed by atoms with van der Waals surface area (Å²) in [6.45, 7) is 5.18. The average molecular weight is 711 g/mol. The Balaban J connectivity index is 1.98. The van der Waals surface area contributed by atoms with E-state index >= 15 is 0 Å². The van der Waals surface area contributed by atoms with Crippen molar-refractivity contribution in [2.45, 2.75) is 42.1 Å². The highest BCUT2D eigenvalue weighted by atomic mass is 127. The van der Waals surface area contributed by atoms with E-state index < -0.39 is 32.1 Å². The van der Waals surface area contributed by atoms with Crippen LogP contribution in [0.25, 0.3) is 0 Å². The number of sulfonamides is 2. The molecule has 0 aromatic heterocycles. The van der Waals surface area contributed by atoms with Crippen molar-refractivity contribution in [3.05, 3.63) is 88.5 Å². The van der Waals surface area contributed by atoms with Crippen LogP contribution in [-0.2, 0) is 36.0 Å². The van der Waals surface area contributed by atoms with E-state index in [-0.39, 0.29) is 47.2 Å². The van der Waals surface area contributed by atoms with Crippen molar-refractivity contribution in [2.24, 2.45) is 0 Å². The highest BCUT2D eigenvalue weighted by Gasteiger charge is 2.37. The first-order valence-electron chi connectivity index (χ1n) is 12.9. The third-order valence-corrected chi connectivity index (χ3v) is 11.4. The standard InChI is InChI=1S/C29H31IN2O7S2/c1-4-5-17-32(41(36,37)24-14-10-7-11-15-24)29-27(38-3)20-26-25(28(29)30)19-22(39-21(2)33)16-18-31(26)40(34,35)23-12-8-6-9-13-23/h4,6-15,20,22H,1,5,16-19H2,2-3H3. The zero-order chi connectivity index (χ0) is 29.8. The molecule has 0 radical (unpaired) electrons. The molecule has 41 heavy (non-hydrogen) atoms. The molecule has 218 valence electrons. The third kappa shape index (κ3) is 6.38. The first-order valence-corrected chi connectivity index (χ1v) is 16.8. The number of halogens is 1. The summed E-state index contributed by atoms with van der Waals surface area (Å²) in [5.74, 6) is -0.296. The lowest BCUT2D eigenvalue weighted by Gasteiger charge is -2.31. The highest BCUT2D eigenvalue weighted by Crippen LogP contribution is 2.46. The second-order valence-electron chi connectivity index (χ2n) is 9.32. The van der Waals surface area contributed by atoms with Gasteiger partial charge in [-0.15, -0.1) is 6.58 Å². The van der Waals surface area contributed by atoms with Crippen molar-refractivity contribution < 1.29 is 31.1 Å². The number of ether oxygens (including phenoxy) is 2. The van der Waals surface area contributed by atoms with Crippen LogP contribution in [0.2, 0.25) is 0 Å². The van der Waals surface area contributed by atoms with E-state index in [9.17, 15) is 21.6 Å². The molecule has 9 nitrogen and oxygen atoms in total. The fourth-order valence-electron chi connectivity index (χ4n) is 4.74. The van der Waals surface area contributed by atoms with Gasteiger partial charge in [-0.1, -0.05) is 42.5 Å². The van der Waals surface area contributed by atoms with Gasteiger partial charge in [0.05, 0.1) is 22.6 Å². The topological polar surface area (TPSA) is 110 Å². The minimum absolute atomic E-state index is 0.0449. The predicted octanol–water partition coefficient (Wildman–Crippen LogP) is 5.14. The van der Waals surface area contributed by atoms with Crippen LogP contribution >= 0.6 is 22.6 Å². The van der Waals surface area contributed by atoms with Crippen molar-refractivity contribution in [1.82, 2.24) is 0 Å². The molecular weight excluding hydrogens is 679 g/mol. The highest BCUT2D eigenvalue weighted by molar-refractivity contribution is 14.1. The Labute approximate surface area is 255 Å². The van der Waals surface area contributed by atoms with E-state index in [1.54, 1.807) is 48.5 Å². The SMILES string of the molecule is C=CCCN(c1c(OC)cc2c(c1I)CC(OC(C)=O)CCN2S(=O)(=O)c1ccccc1)S(=O)(=O)c1ccccc1. The van der Waals surface area contributed by atoms with Crippen LogP contribution in [0.5, 0.6) is 5.75 Å². The van der Waals surface area contributed by atoms with Crippen LogP contribution in [0.3, 0.4) is 0 Å². The van der Waals surface area contributed by atoms with Crippen LogP contribution < -0.4 is 13.3 Å². The van der Waals surface area contributed by atoms with Gasteiger partial charge in [0.25, 0.3) is 20.0 Å². The Morgan fingerprint density at radius 2 is 1.68 bits per heavy atom. The number of nitrogens with zero attached hydrogens (tertiary/aromatic N) is 2. The Kier molecular flexibility index (Phi) is 9.65. The average Bonchev–Trinajstić information content (AvgIpc) is 3.14. The normalized spacial score (nSPS) is 15.4. The Morgan fingerprint density at radius 3 is 2.24 bits per heavy atom. The van der Waals surface area contributed by atoms with Crippen LogP contribution in [0.4, 0.5) is 11.4 Å². The lowest BCUT2D eigenvalue weighted by Crippen LogP contribution is -2.34. The van der Waals surface area contributed by atoms with Gasteiger partial charge in [0, 0.05) is 42.5 Å². The van der Waals surface area contributed by atoms with E-state index in [0.29, 0.717) is 21.2 Å². The molecule has 0 N–H and O–H groups in total. The maximum absolute atomic E-state index is 14.0. The summed E-state index contributed by atoms with van der Waals surface area (Å²) in [5.41, 5.74) is 1.16. The molecule has 1 heterocycles. The van der Waals surface area contributed by atoms with Crippen molar-refractivity contribution >= 4 is 60.0 Å². The number of hydrogen-bond donors (Lipinski definition) is 0. The number of benzene rings is 3. The lowest BCUT2D eigenvalue weighted by molar-refractivity contribution is -0.146. The maximum atomic E-state index is 14.0. The first kappa shape index (κ1) is 30.8. The van der Waals surface area contributed by atoms with Crippen LogP contribution in [0.15, 0.2) is 89.2 Å². The second kappa shape index (κ2) is 12.8. The third-order valence-electron chi connectivity index (χ3n) is 6.64. The molecule has 0 amide bonds. The molecule has 1 unspecified atom stereocenters. The number of rotatable bonds is 10. The van der Waals surface area contributed by atoms with E-state index in [4.69, 9.17) is 9.47 Å². The van der Waals surface area contributed by atoms with Gasteiger partial charge in [-0.05, 0) is 58.8 Å². The number of carbonyl (C=O) groups is 1. The molecule has 0 spiro atoms. The van der Waals surface area contributed by atoms with Gasteiger partial charge in [-0.3, -0.25) is 13.4 Å². The summed E-state index contributed by atoms with van der Waals surface area (Å²) >= 11 is 2.04. The summed E-state index contributed by atoms with van der Waals surface area (Å²) < 4.78 is 70.1. The maximum Gasteiger partial charge on any atom is 0.302 e. The van der Waals surface area contributed by atoms with E-state index in [1.807, 2.05) is 22.6 Å². The van der Waals surface area contributed by atoms with Gasteiger partial charge in [0.15, 0.2) is 0 Å². The molecule has 4 rings (SSSR count). The summed E-state index contributed by atoms with van der Waals surface area (Å²) in [6, 6.07) is 17.7. The Hall–Kier alpha value is -3.10. The molecule has 1 aliphatic heterocycles. The molecule has 0 fully saturated rings. The van der Waals surface area contributed by atoms with Gasteiger partial charge < -0.3 is 9.47 Å². The first-order chi connectivity index (χ1) is 19.5. The van der Waals surface area contributed by atoms with Crippen molar-refractivity contribution in [3.63, 3.8) is 0 Å². The van der Waals surface area contributed by atoms with Gasteiger partial charge in [-0.2, -0.15) is 0 Å². The van der Waals surface area contributed by atoms with E-state index in [1.165, 1.54) is 46.9 Å². The number of carbonyl (C=O) groups excluding carboxylic acids is 1. The molecule has 3 aromatic carbocycles. The zero-order valence-electron chi connectivity index (χ0n) is 22.7. The molecule has 0 saturated heterocycles. The molecular formula is C29H31IN2O7S2. The molecule has 3 aromatic rings. The summed E-state index contributed by atoms with van der Waals surface area (Å²) in [7, 11) is -6.66. The smallest absolute Gasteiger partial charge is 0.302 e. The molecule has 0 saturated carbocycles. The summed E-state index contributed by atoms with van der Waals surface area (Å²) in [4.78, 5) is 12.1. The largest absolute Gasteiger partial charge is 0.494 e. The fraction of sp³-hybridized carbons (Fsp3) is 0.276. The second-order valence-corrected chi connectivity index (χ2v) is 14.1. The number of hydrogen-bond acceptors (Lipinski definition) is 7. The Morgan fingerprint density at radius 1 is 1.07 bits per heavy atom. The van der Waals surface area contributed by atoms with Gasteiger partial charge in [0.2, 0.25) is 0 Å². The van der Waals surface area contributed by atoms with Gasteiger partial charge >= 0.3 is 5.97 Å². The molecule has 0 bridgehead atoms. The lowest BCUT2D eigenvalue weighted by atomic mass is 10.0. The van der Waals surface area contributed by atoms with Crippen LogP contribution in [-0.4, -0.2) is 49.1 Å². The quantitative estimate of drug-likeness (QED) is 0.163. The summed E-state index contributed by atoms with van der Waals surface area (Å²) in [5, 5.41) is 0. The molecule has 0 aliphatic carbocycles. The molecule has 1 atom stereocenters. The number of methoxy groups -OCH3 is 1. The monoisotopic (exact) mass is 710 g/mol. The number of esters is 1. The summed E-state index contributed by atoms with van der Waals surface area (Å²) in [6.07, 6.45) is 1.79. The van der Waals surface area contributed by atoms with Crippen molar-refractivity contribution in [3.8, 4) is 5.75 Å². The van der Waals surface area contributed by atoms with Gasteiger partial charge in [-0.25, -0.2) is 16.8 Å². The molecule has 1 aliphatic rings. The van der Waals surface area contributed by atoms with Crippen LogP contribution in [0, 0.1) is 3.57 Å². The van der Waals surface area contributed by atoms with E-state index in [0.717, 1.165) is 0 Å². The number of fused-ring (bicyclic) bond motifs is 1. The minimum Gasteiger partial charge on any atom is -0.494 e. The molecule has 12 heteroatoms. The van der Waals surface area contributed by atoms with Gasteiger partial charge in [0.1, 0.15) is 17.5 Å². The Bertz CT molecular complexity index is 1630. The fourth-order valence-corrected chi connectivity index (χ4v) is 9.01. The predicted molar refractivity (Wildman–Crippen MR) is 166 cm³/mol. The zero-order valence-corrected chi connectivity index (χ0v) is 26.5. The number of anilines is 2. The minimum atomic E-state index is -4.05. The van der Waals surface area contributed by atoms with Crippen LogP contribution in [0.1, 0.15) is 25.3 Å². The van der Waals surface area contributed by atoms with Crippen molar-refractivity contribution in [2.75, 3.05) is 28.8 Å². The van der Waals surface area contributed by atoms with E-state index in [2.05, 4.69) is 6.58 Å².